The Kier molecular flexibility index (Phi) is 5.80. The highest BCUT2D eigenvalue weighted by atomic mass is 19.1. The second-order valence-electron chi connectivity index (χ2n) is 6.97. The summed E-state index contributed by atoms with van der Waals surface area (Å²) in [5.74, 6) is -0.304. The summed E-state index contributed by atoms with van der Waals surface area (Å²) in [7, 11) is 0. The number of benzene rings is 1. The number of aromatic nitrogens is 1. The third kappa shape index (κ3) is 4.30. The van der Waals surface area contributed by atoms with Crippen molar-refractivity contribution in [3.8, 4) is 5.88 Å². The summed E-state index contributed by atoms with van der Waals surface area (Å²) in [6.07, 6.45) is 2.11. The van der Waals surface area contributed by atoms with Gasteiger partial charge < -0.3 is 14.8 Å². The lowest BCUT2D eigenvalue weighted by Crippen LogP contribution is -2.53. The SMILES string of the molecule is O=C(N[C@@H]1COCC[C@H]1Oc1ccccn1)C1CNNC1c1cccc(F)c1. The molecule has 0 bridgehead atoms. The van der Waals surface area contributed by atoms with Crippen LogP contribution in [0.4, 0.5) is 4.39 Å². The van der Waals surface area contributed by atoms with Crippen molar-refractivity contribution < 1.29 is 18.7 Å². The van der Waals surface area contributed by atoms with E-state index in [2.05, 4.69) is 21.2 Å². The second-order valence-corrected chi connectivity index (χ2v) is 6.97. The van der Waals surface area contributed by atoms with Gasteiger partial charge in [-0.05, 0) is 23.8 Å². The zero-order chi connectivity index (χ0) is 19.3. The van der Waals surface area contributed by atoms with Gasteiger partial charge in [-0.15, -0.1) is 0 Å². The van der Waals surface area contributed by atoms with Crippen molar-refractivity contribution in [2.24, 2.45) is 5.92 Å². The highest BCUT2D eigenvalue weighted by Gasteiger charge is 2.37. The van der Waals surface area contributed by atoms with E-state index in [9.17, 15) is 9.18 Å². The number of nitrogens with one attached hydrogen (secondary N) is 3. The number of carbonyl (C=O) groups is 1. The van der Waals surface area contributed by atoms with Gasteiger partial charge in [-0.25, -0.2) is 14.8 Å². The van der Waals surface area contributed by atoms with Gasteiger partial charge in [0, 0.05) is 25.2 Å². The van der Waals surface area contributed by atoms with Gasteiger partial charge in [0.1, 0.15) is 11.9 Å². The van der Waals surface area contributed by atoms with E-state index >= 15 is 0 Å². The molecule has 2 fully saturated rings. The lowest BCUT2D eigenvalue weighted by Gasteiger charge is -2.33. The number of halogens is 1. The van der Waals surface area contributed by atoms with Crippen LogP contribution < -0.4 is 20.9 Å². The van der Waals surface area contributed by atoms with Crippen LogP contribution in [-0.2, 0) is 9.53 Å². The maximum absolute atomic E-state index is 13.6. The van der Waals surface area contributed by atoms with E-state index in [0.717, 1.165) is 5.56 Å². The van der Waals surface area contributed by atoms with Crippen LogP contribution in [0.3, 0.4) is 0 Å². The average Bonchev–Trinajstić information content (AvgIpc) is 3.20. The largest absolute Gasteiger partial charge is 0.472 e. The van der Waals surface area contributed by atoms with Crippen LogP contribution in [-0.4, -0.2) is 42.8 Å². The minimum Gasteiger partial charge on any atom is -0.472 e. The summed E-state index contributed by atoms with van der Waals surface area (Å²) in [5, 5.41) is 3.06. The van der Waals surface area contributed by atoms with Crippen molar-refractivity contribution in [2.75, 3.05) is 19.8 Å². The molecule has 28 heavy (non-hydrogen) atoms. The maximum Gasteiger partial charge on any atom is 0.226 e. The summed E-state index contributed by atoms with van der Waals surface area (Å²) < 4.78 is 25.1. The van der Waals surface area contributed by atoms with Gasteiger partial charge >= 0.3 is 0 Å². The van der Waals surface area contributed by atoms with Crippen molar-refractivity contribution in [1.29, 1.82) is 0 Å². The van der Waals surface area contributed by atoms with Crippen molar-refractivity contribution in [3.05, 3.63) is 60.0 Å². The molecule has 3 heterocycles. The molecule has 2 aliphatic heterocycles. The molecule has 2 saturated heterocycles. The van der Waals surface area contributed by atoms with E-state index in [1.54, 1.807) is 18.3 Å². The van der Waals surface area contributed by atoms with Crippen LogP contribution in [0.15, 0.2) is 48.7 Å². The first kappa shape index (κ1) is 18.8. The molecule has 2 aliphatic rings. The first-order chi connectivity index (χ1) is 13.7. The molecule has 0 spiro atoms. The zero-order valence-corrected chi connectivity index (χ0v) is 15.3. The van der Waals surface area contributed by atoms with Gasteiger partial charge in [-0.3, -0.25) is 10.2 Å². The van der Waals surface area contributed by atoms with Gasteiger partial charge in [0.15, 0.2) is 0 Å². The van der Waals surface area contributed by atoms with Crippen molar-refractivity contribution in [3.63, 3.8) is 0 Å². The van der Waals surface area contributed by atoms with Crippen molar-refractivity contribution >= 4 is 5.91 Å². The molecule has 7 nitrogen and oxygen atoms in total. The quantitative estimate of drug-likeness (QED) is 0.719. The predicted octanol–water partition coefficient (Wildman–Crippen LogP) is 1.34. The number of ether oxygens (including phenoxy) is 2. The Morgan fingerprint density at radius 1 is 1.29 bits per heavy atom. The van der Waals surface area contributed by atoms with Crippen LogP contribution in [0.1, 0.15) is 18.0 Å². The van der Waals surface area contributed by atoms with Crippen LogP contribution in [0.25, 0.3) is 0 Å². The van der Waals surface area contributed by atoms with Crippen LogP contribution in [0, 0.1) is 11.7 Å². The molecule has 0 saturated carbocycles. The minimum absolute atomic E-state index is 0.128. The van der Waals surface area contributed by atoms with Crippen LogP contribution in [0.2, 0.25) is 0 Å². The highest BCUT2D eigenvalue weighted by Crippen LogP contribution is 2.26. The number of nitrogens with zero attached hydrogens (tertiary/aromatic N) is 1. The average molecular weight is 386 g/mol. The molecular weight excluding hydrogens is 363 g/mol. The van der Waals surface area contributed by atoms with Gasteiger partial charge in [-0.2, -0.15) is 0 Å². The number of amides is 1. The molecule has 2 unspecified atom stereocenters. The Bertz CT molecular complexity index is 807. The third-order valence-electron chi connectivity index (χ3n) is 5.06. The van der Waals surface area contributed by atoms with E-state index < -0.39 is 0 Å². The van der Waals surface area contributed by atoms with Gasteiger partial charge in [-0.1, -0.05) is 18.2 Å². The molecule has 3 N–H and O–H groups in total. The second kappa shape index (κ2) is 8.64. The molecule has 4 rings (SSSR count). The topological polar surface area (TPSA) is 84.5 Å². The lowest BCUT2D eigenvalue weighted by atomic mass is 9.93. The fourth-order valence-electron chi connectivity index (χ4n) is 3.61. The summed E-state index contributed by atoms with van der Waals surface area (Å²) in [6.45, 7) is 1.40. The number of pyridine rings is 1. The van der Waals surface area contributed by atoms with E-state index in [1.165, 1.54) is 12.1 Å². The Morgan fingerprint density at radius 2 is 2.21 bits per heavy atom. The molecular formula is C20H23FN4O3. The summed E-state index contributed by atoms with van der Waals surface area (Å²) in [6, 6.07) is 11.2. The molecule has 4 atom stereocenters. The Morgan fingerprint density at radius 3 is 3.04 bits per heavy atom. The van der Waals surface area contributed by atoms with E-state index in [1.807, 2.05) is 18.2 Å². The van der Waals surface area contributed by atoms with E-state index in [4.69, 9.17) is 9.47 Å². The smallest absolute Gasteiger partial charge is 0.226 e. The molecule has 8 heteroatoms. The molecule has 148 valence electrons. The van der Waals surface area contributed by atoms with Crippen molar-refractivity contribution in [2.45, 2.75) is 24.6 Å². The minimum atomic E-state index is -0.376. The van der Waals surface area contributed by atoms with E-state index in [-0.39, 0.29) is 35.8 Å². The summed E-state index contributed by atoms with van der Waals surface area (Å²) >= 11 is 0. The fraction of sp³-hybridized carbons (Fsp3) is 0.400. The Balaban J connectivity index is 1.43. The standard InChI is InChI=1S/C20H23FN4O3/c21-14-5-3-4-13(10-14)19-15(11-23-25-19)20(26)24-16-12-27-9-7-17(16)28-18-6-1-2-8-22-18/h1-6,8,10,15-17,19,23,25H,7,9,11-12H2,(H,24,26)/t15?,16-,17-,19?/m1/s1. The number of rotatable bonds is 5. The molecule has 2 aromatic rings. The normalized spacial score (nSPS) is 27.3. The van der Waals surface area contributed by atoms with Gasteiger partial charge in [0.2, 0.25) is 11.8 Å². The van der Waals surface area contributed by atoms with Gasteiger partial charge in [0.05, 0.1) is 31.2 Å². The van der Waals surface area contributed by atoms with E-state index in [0.29, 0.717) is 32.1 Å². The molecule has 1 aromatic carbocycles. The van der Waals surface area contributed by atoms with Crippen LogP contribution in [0.5, 0.6) is 5.88 Å². The Labute approximate surface area is 162 Å². The summed E-state index contributed by atoms with van der Waals surface area (Å²) in [5.41, 5.74) is 6.80. The third-order valence-corrected chi connectivity index (χ3v) is 5.06. The molecule has 1 aromatic heterocycles. The van der Waals surface area contributed by atoms with Gasteiger partial charge in [0.25, 0.3) is 0 Å². The lowest BCUT2D eigenvalue weighted by molar-refractivity contribution is -0.128. The first-order valence-electron chi connectivity index (χ1n) is 9.40. The molecule has 1 amide bonds. The predicted molar refractivity (Wildman–Crippen MR) is 99.8 cm³/mol. The fourth-order valence-corrected chi connectivity index (χ4v) is 3.61. The molecule has 0 aliphatic carbocycles. The monoisotopic (exact) mass is 386 g/mol. The first-order valence-corrected chi connectivity index (χ1v) is 9.40. The van der Waals surface area contributed by atoms with Crippen LogP contribution >= 0.6 is 0 Å². The number of hydrogen-bond acceptors (Lipinski definition) is 6. The maximum atomic E-state index is 13.6. The number of hydrazine groups is 1. The number of carbonyl (C=O) groups excluding carboxylic acids is 1. The zero-order valence-electron chi connectivity index (χ0n) is 15.3. The number of hydrogen-bond donors (Lipinski definition) is 3. The Hall–Kier alpha value is -2.55. The molecule has 0 radical (unpaired) electrons. The highest BCUT2D eigenvalue weighted by molar-refractivity contribution is 5.80. The summed E-state index contributed by atoms with van der Waals surface area (Å²) in [4.78, 5) is 17.2. The van der Waals surface area contributed by atoms with Crippen molar-refractivity contribution in [1.82, 2.24) is 21.2 Å².